The van der Waals surface area contributed by atoms with Crippen molar-refractivity contribution in [1.82, 2.24) is 19.7 Å². The number of aryl methyl sites for hydroxylation is 1. The van der Waals surface area contributed by atoms with Crippen LogP contribution in [0.15, 0.2) is 50.6 Å². The summed E-state index contributed by atoms with van der Waals surface area (Å²) in [7, 11) is 2.01. The highest BCUT2D eigenvalue weighted by molar-refractivity contribution is 9.10. The summed E-state index contributed by atoms with van der Waals surface area (Å²) in [5.41, 5.74) is 3.03. The molecule has 152 valence electrons. The van der Waals surface area contributed by atoms with Gasteiger partial charge < -0.3 is 13.9 Å². The number of likely N-dealkylation sites (tertiary alicyclic amines) is 1. The molecule has 1 saturated heterocycles. The van der Waals surface area contributed by atoms with Crippen LogP contribution >= 0.6 is 27.7 Å². The molecule has 1 aromatic carbocycles. The highest BCUT2D eigenvalue weighted by Crippen LogP contribution is 2.59. The number of rotatable bonds is 7. The molecule has 2 atom stereocenters. The number of thioether (sulfide) groups is 1. The van der Waals surface area contributed by atoms with E-state index in [0.29, 0.717) is 5.41 Å². The SMILES string of the molecule is Cc1ccoc1-c1nnc(SCCCN2CC3CC3(c3ccc(Br)cc3)C2)n1C. The Morgan fingerprint density at radius 1 is 1.24 bits per heavy atom. The highest BCUT2D eigenvalue weighted by Gasteiger charge is 2.60. The maximum atomic E-state index is 5.56. The number of benzene rings is 1. The first-order valence-corrected chi connectivity index (χ1v) is 11.9. The maximum Gasteiger partial charge on any atom is 0.200 e. The van der Waals surface area contributed by atoms with Gasteiger partial charge in [-0.15, -0.1) is 10.2 Å². The molecule has 0 bridgehead atoms. The van der Waals surface area contributed by atoms with Crippen molar-refractivity contribution >= 4 is 27.7 Å². The molecule has 29 heavy (non-hydrogen) atoms. The van der Waals surface area contributed by atoms with E-state index in [1.165, 1.54) is 25.1 Å². The summed E-state index contributed by atoms with van der Waals surface area (Å²) in [4.78, 5) is 2.64. The lowest BCUT2D eigenvalue weighted by Crippen LogP contribution is -2.27. The van der Waals surface area contributed by atoms with Crippen LogP contribution in [-0.4, -0.2) is 45.1 Å². The number of hydrogen-bond acceptors (Lipinski definition) is 5. The number of halogens is 1. The molecule has 1 aliphatic carbocycles. The molecule has 3 aromatic rings. The van der Waals surface area contributed by atoms with Crippen LogP contribution < -0.4 is 0 Å². The first kappa shape index (κ1) is 19.4. The minimum Gasteiger partial charge on any atom is -0.461 e. The predicted molar refractivity (Wildman–Crippen MR) is 119 cm³/mol. The average molecular weight is 473 g/mol. The standard InChI is InChI=1S/C22H25BrN4OS/c1-15-8-10-28-19(15)20-24-25-21(26(20)2)29-11-3-9-27-13-17-12-22(17,14-27)16-4-6-18(23)7-5-16/h4-8,10,17H,3,9,11-14H2,1-2H3. The molecule has 0 amide bonds. The van der Waals surface area contributed by atoms with Crippen LogP contribution in [0.1, 0.15) is 24.0 Å². The van der Waals surface area contributed by atoms with Gasteiger partial charge in [0.2, 0.25) is 0 Å². The monoisotopic (exact) mass is 472 g/mol. The molecule has 2 fully saturated rings. The minimum absolute atomic E-state index is 0.424. The van der Waals surface area contributed by atoms with Gasteiger partial charge in [0.05, 0.1) is 6.26 Å². The minimum atomic E-state index is 0.424. The summed E-state index contributed by atoms with van der Waals surface area (Å²) >= 11 is 5.33. The molecule has 2 unspecified atom stereocenters. The van der Waals surface area contributed by atoms with E-state index in [2.05, 4.69) is 55.3 Å². The molecule has 1 aliphatic heterocycles. The third-order valence-electron chi connectivity index (χ3n) is 6.39. The number of piperidine rings is 1. The van der Waals surface area contributed by atoms with Gasteiger partial charge in [-0.05, 0) is 61.6 Å². The number of aromatic nitrogens is 3. The lowest BCUT2D eigenvalue weighted by Gasteiger charge is -2.21. The largest absolute Gasteiger partial charge is 0.461 e. The van der Waals surface area contributed by atoms with E-state index in [4.69, 9.17) is 4.42 Å². The van der Waals surface area contributed by atoms with Crippen molar-refractivity contribution in [3.63, 3.8) is 0 Å². The lowest BCUT2D eigenvalue weighted by atomic mass is 9.95. The lowest BCUT2D eigenvalue weighted by molar-refractivity contribution is 0.299. The van der Waals surface area contributed by atoms with Crippen molar-refractivity contribution < 1.29 is 4.42 Å². The van der Waals surface area contributed by atoms with Gasteiger partial charge in [0.1, 0.15) is 0 Å². The van der Waals surface area contributed by atoms with E-state index >= 15 is 0 Å². The fourth-order valence-corrected chi connectivity index (χ4v) is 5.78. The maximum absolute atomic E-state index is 5.56. The van der Waals surface area contributed by atoms with E-state index in [0.717, 1.165) is 51.4 Å². The topological polar surface area (TPSA) is 47.1 Å². The normalized spacial score (nSPS) is 23.5. The number of hydrogen-bond donors (Lipinski definition) is 0. The molecule has 1 saturated carbocycles. The molecule has 2 aliphatic rings. The molecule has 2 aromatic heterocycles. The van der Waals surface area contributed by atoms with Gasteiger partial charge in [-0.25, -0.2) is 0 Å². The Labute approximate surface area is 184 Å². The quantitative estimate of drug-likeness (QED) is 0.361. The molecule has 0 spiro atoms. The van der Waals surface area contributed by atoms with E-state index in [9.17, 15) is 0 Å². The molecule has 0 radical (unpaired) electrons. The van der Waals surface area contributed by atoms with Crippen LogP contribution in [0, 0.1) is 12.8 Å². The van der Waals surface area contributed by atoms with Crippen LogP contribution in [0.3, 0.4) is 0 Å². The summed E-state index contributed by atoms with van der Waals surface area (Å²) < 4.78 is 8.76. The summed E-state index contributed by atoms with van der Waals surface area (Å²) in [6.07, 6.45) is 4.22. The van der Waals surface area contributed by atoms with Crippen LogP contribution in [0.4, 0.5) is 0 Å². The molecule has 3 heterocycles. The Kier molecular flexibility index (Phi) is 5.08. The Bertz CT molecular complexity index is 1010. The summed E-state index contributed by atoms with van der Waals surface area (Å²) in [5.74, 6) is 3.50. The zero-order valence-electron chi connectivity index (χ0n) is 16.8. The Balaban J connectivity index is 1.13. The number of nitrogens with zero attached hydrogens (tertiary/aromatic N) is 4. The van der Waals surface area contributed by atoms with E-state index in [1.54, 1.807) is 18.0 Å². The zero-order chi connectivity index (χ0) is 20.0. The molecule has 5 rings (SSSR count). The van der Waals surface area contributed by atoms with E-state index in [-0.39, 0.29) is 0 Å². The molecule has 0 N–H and O–H groups in total. The second kappa shape index (κ2) is 7.60. The third-order valence-corrected chi connectivity index (χ3v) is 8.02. The van der Waals surface area contributed by atoms with E-state index in [1.807, 2.05) is 24.6 Å². The van der Waals surface area contributed by atoms with Gasteiger partial charge in [0.25, 0.3) is 0 Å². The van der Waals surface area contributed by atoms with Crippen molar-refractivity contribution in [2.24, 2.45) is 13.0 Å². The summed E-state index contributed by atoms with van der Waals surface area (Å²) in [5, 5.41) is 9.63. The average Bonchev–Trinajstić information content (AvgIpc) is 3.02. The van der Waals surface area contributed by atoms with Gasteiger partial charge in [-0.3, -0.25) is 0 Å². The van der Waals surface area contributed by atoms with Crippen LogP contribution in [0.5, 0.6) is 0 Å². The van der Waals surface area contributed by atoms with Gasteiger partial charge in [-0.1, -0.05) is 39.8 Å². The smallest absolute Gasteiger partial charge is 0.200 e. The first-order valence-electron chi connectivity index (χ1n) is 10.1. The van der Waals surface area contributed by atoms with Gasteiger partial charge in [-0.2, -0.15) is 0 Å². The number of furan rings is 1. The van der Waals surface area contributed by atoms with Crippen molar-refractivity contribution in [1.29, 1.82) is 0 Å². The van der Waals surface area contributed by atoms with Gasteiger partial charge >= 0.3 is 0 Å². The second-order valence-corrected chi connectivity index (χ2v) is 10.3. The van der Waals surface area contributed by atoms with Crippen LogP contribution in [0.25, 0.3) is 11.6 Å². The van der Waals surface area contributed by atoms with Crippen molar-refractivity contribution in [2.75, 3.05) is 25.4 Å². The van der Waals surface area contributed by atoms with Crippen molar-refractivity contribution in [3.8, 4) is 11.6 Å². The zero-order valence-corrected chi connectivity index (χ0v) is 19.2. The molecular weight excluding hydrogens is 448 g/mol. The summed E-state index contributed by atoms with van der Waals surface area (Å²) in [6, 6.07) is 10.9. The van der Waals surface area contributed by atoms with Crippen molar-refractivity contribution in [3.05, 3.63) is 52.2 Å². The van der Waals surface area contributed by atoms with Gasteiger partial charge in [0, 0.05) is 35.8 Å². The highest BCUT2D eigenvalue weighted by atomic mass is 79.9. The second-order valence-electron chi connectivity index (χ2n) is 8.30. The first-order chi connectivity index (χ1) is 14.1. The molecular formula is C22H25BrN4OS. The molecule has 5 nitrogen and oxygen atoms in total. The van der Waals surface area contributed by atoms with Gasteiger partial charge in [0.15, 0.2) is 16.7 Å². The molecule has 7 heteroatoms. The van der Waals surface area contributed by atoms with Crippen LogP contribution in [-0.2, 0) is 12.5 Å². The summed E-state index contributed by atoms with van der Waals surface area (Å²) in [6.45, 7) is 5.63. The number of fused-ring (bicyclic) bond motifs is 1. The predicted octanol–water partition coefficient (Wildman–Crippen LogP) is 4.90. The Morgan fingerprint density at radius 3 is 2.83 bits per heavy atom. The Morgan fingerprint density at radius 2 is 2.07 bits per heavy atom. The fraction of sp³-hybridized carbons (Fsp3) is 0.455. The van der Waals surface area contributed by atoms with Crippen LogP contribution in [0.2, 0.25) is 0 Å². The van der Waals surface area contributed by atoms with E-state index < -0.39 is 0 Å². The fourth-order valence-electron chi connectivity index (χ4n) is 4.68. The Hall–Kier alpha value is -1.57. The third kappa shape index (κ3) is 3.57. The van der Waals surface area contributed by atoms with Crippen molar-refractivity contribution in [2.45, 2.75) is 30.3 Å².